The van der Waals surface area contributed by atoms with Crippen molar-refractivity contribution in [1.82, 2.24) is 10.3 Å². The number of nitrogens with zero attached hydrogens (tertiary/aromatic N) is 1. The first-order valence-corrected chi connectivity index (χ1v) is 6.93. The molecule has 0 aliphatic rings. The molecule has 1 heterocycles. The second-order valence-corrected chi connectivity index (χ2v) is 5.02. The molecular weight excluding hydrogens is 309 g/mol. The SMILES string of the molecule is C=CCNC(=O)c1ccc(Nc2ccc(Cl)cc2Cl)cn1. The minimum absolute atomic E-state index is 0.244. The van der Waals surface area contributed by atoms with Gasteiger partial charge in [0.05, 0.1) is 22.6 Å². The summed E-state index contributed by atoms with van der Waals surface area (Å²) in [6, 6.07) is 8.54. The first-order valence-electron chi connectivity index (χ1n) is 6.17. The zero-order valence-electron chi connectivity index (χ0n) is 11.1. The van der Waals surface area contributed by atoms with E-state index in [1.165, 1.54) is 0 Å². The normalized spacial score (nSPS) is 10.0. The van der Waals surface area contributed by atoms with Gasteiger partial charge >= 0.3 is 0 Å². The van der Waals surface area contributed by atoms with Crippen LogP contribution in [0.5, 0.6) is 0 Å². The van der Waals surface area contributed by atoms with Gasteiger partial charge in [-0.3, -0.25) is 4.79 Å². The maximum Gasteiger partial charge on any atom is 0.270 e. The van der Waals surface area contributed by atoms with Crippen molar-refractivity contribution in [1.29, 1.82) is 0 Å². The highest BCUT2D eigenvalue weighted by atomic mass is 35.5. The third-order valence-electron chi connectivity index (χ3n) is 2.61. The summed E-state index contributed by atoms with van der Waals surface area (Å²) < 4.78 is 0. The van der Waals surface area contributed by atoms with Crippen LogP contribution in [0, 0.1) is 0 Å². The molecule has 0 unspecified atom stereocenters. The summed E-state index contributed by atoms with van der Waals surface area (Å²) in [5, 5.41) is 6.84. The number of hydrogen-bond acceptors (Lipinski definition) is 3. The Balaban J connectivity index is 2.08. The number of pyridine rings is 1. The average molecular weight is 322 g/mol. The van der Waals surface area contributed by atoms with Gasteiger partial charge in [0, 0.05) is 11.6 Å². The number of amides is 1. The first kappa shape index (κ1) is 15.4. The summed E-state index contributed by atoms with van der Waals surface area (Å²) in [7, 11) is 0. The minimum atomic E-state index is -0.244. The predicted molar refractivity (Wildman–Crippen MR) is 86.5 cm³/mol. The molecule has 0 atom stereocenters. The maximum absolute atomic E-state index is 11.7. The van der Waals surface area contributed by atoms with Crippen LogP contribution in [-0.4, -0.2) is 17.4 Å². The van der Waals surface area contributed by atoms with Crippen molar-refractivity contribution in [2.24, 2.45) is 0 Å². The monoisotopic (exact) mass is 321 g/mol. The number of nitrogens with one attached hydrogen (secondary N) is 2. The van der Waals surface area contributed by atoms with Crippen molar-refractivity contribution in [2.45, 2.75) is 0 Å². The van der Waals surface area contributed by atoms with Gasteiger partial charge in [0.25, 0.3) is 5.91 Å². The lowest BCUT2D eigenvalue weighted by atomic mass is 10.3. The molecule has 0 fully saturated rings. The van der Waals surface area contributed by atoms with Crippen LogP contribution in [0.25, 0.3) is 0 Å². The van der Waals surface area contributed by atoms with E-state index in [9.17, 15) is 4.79 Å². The molecule has 6 heteroatoms. The lowest BCUT2D eigenvalue weighted by Gasteiger charge is -2.09. The Labute approximate surface area is 132 Å². The number of benzene rings is 1. The number of anilines is 2. The van der Waals surface area contributed by atoms with Gasteiger partial charge in [0.1, 0.15) is 5.69 Å². The molecule has 2 aromatic rings. The predicted octanol–water partition coefficient (Wildman–Crippen LogP) is 4.05. The maximum atomic E-state index is 11.7. The summed E-state index contributed by atoms with van der Waals surface area (Å²) in [6.07, 6.45) is 3.17. The molecule has 0 radical (unpaired) electrons. The average Bonchev–Trinajstić information content (AvgIpc) is 2.48. The highest BCUT2D eigenvalue weighted by Crippen LogP contribution is 2.27. The smallest absolute Gasteiger partial charge is 0.270 e. The number of aromatic nitrogens is 1. The van der Waals surface area contributed by atoms with Crippen molar-refractivity contribution in [3.8, 4) is 0 Å². The van der Waals surface area contributed by atoms with Gasteiger partial charge in [-0.05, 0) is 30.3 Å². The molecule has 108 valence electrons. The zero-order chi connectivity index (χ0) is 15.2. The van der Waals surface area contributed by atoms with Crippen LogP contribution in [0.1, 0.15) is 10.5 Å². The highest BCUT2D eigenvalue weighted by molar-refractivity contribution is 6.36. The molecule has 0 bridgehead atoms. The molecule has 0 aliphatic carbocycles. The number of carbonyl (C=O) groups is 1. The quantitative estimate of drug-likeness (QED) is 0.817. The van der Waals surface area contributed by atoms with Gasteiger partial charge < -0.3 is 10.6 Å². The molecule has 0 spiro atoms. The van der Waals surface area contributed by atoms with Crippen LogP contribution in [0.4, 0.5) is 11.4 Å². The van der Waals surface area contributed by atoms with Gasteiger partial charge in [-0.25, -0.2) is 4.98 Å². The Morgan fingerprint density at radius 2 is 2.10 bits per heavy atom. The summed E-state index contributed by atoms with van der Waals surface area (Å²) in [4.78, 5) is 15.8. The van der Waals surface area contributed by atoms with Gasteiger partial charge in [0.2, 0.25) is 0 Å². The van der Waals surface area contributed by atoms with Crippen molar-refractivity contribution < 1.29 is 4.79 Å². The topological polar surface area (TPSA) is 54.0 Å². The Kier molecular flexibility index (Phi) is 5.20. The Morgan fingerprint density at radius 3 is 2.71 bits per heavy atom. The van der Waals surface area contributed by atoms with Crippen LogP contribution in [0.2, 0.25) is 10.0 Å². The molecular formula is C15H13Cl2N3O. The Hall–Kier alpha value is -2.04. The van der Waals surface area contributed by atoms with E-state index >= 15 is 0 Å². The lowest BCUT2D eigenvalue weighted by molar-refractivity contribution is 0.0953. The van der Waals surface area contributed by atoms with Crippen molar-refractivity contribution in [3.05, 3.63) is 64.9 Å². The standard InChI is InChI=1S/C15H13Cl2N3O/c1-2-7-18-15(21)14-6-4-11(9-19-14)20-13-5-3-10(16)8-12(13)17/h2-6,8-9,20H,1,7H2,(H,18,21). The molecule has 2 N–H and O–H groups in total. The van der Waals surface area contributed by atoms with E-state index in [-0.39, 0.29) is 5.91 Å². The Morgan fingerprint density at radius 1 is 1.29 bits per heavy atom. The van der Waals surface area contributed by atoms with E-state index in [1.807, 2.05) is 0 Å². The van der Waals surface area contributed by atoms with E-state index in [0.29, 0.717) is 28.0 Å². The van der Waals surface area contributed by atoms with Gasteiger partial charge in [-0.2, -0.15) is 0 Å². The number of halogens is 2. The van der Waals surface area contributed by atoms with E-state index < -0.39 is 0 Å². The number of rotatable bonds is 5. The lowest BCUT2D eigenvalue weighted by Crippen LogP contribution is -2.24. The zero-order valence-corrected chi connectivity index (χ0v) is 12.6. The fraction of sp³-hybridized carbons (Fsp3) is 0.0667. The summed E-state index contributed by atoms with van der Waals surface area (Å²) in [6.45, 7) is 3.94. The largest absolute Gasteiger partial charge is 0.353 e. The molecule has 0 saturated heterocycles. The van der Waals surface area contributed by atoms with Crippen LogP contribution < -0.4 is 10.6 Å². The molecule has 1 amide bonds. The second kappa shape index (κ2) is 7.11. The summed E-state index contributed by atoms with van der Waals surface area (Å²) in [5.41, 5.74) is 1.77. The molecule has 1 aromatic carbocycles. The van der Waals surface area contributed by atoms with Gasteiger partial charge in [-0.1, -0.05) is 29.3 Å². The molecule has 0 saturated carbocycles. The van der Waals surface area contributed by atoms with Crippen LogP contribution in [0.15, 0.2) is 49.2 Å². The fourth-order valence-electron chi connectivity index (χ4n) is 1.60. The molecule has 2 rings (SSSR count). The first-order chi connectivity index (χ1) is 10.1. The van der Waals surface area contributed by atoms with Gasteiger partial charge in [0.15, 0.2) is 0 Å². The van der Waals surface area contributed by atoms with E-state index in [2.05, 4.69) is 22.2 Å². The molecule has 4 nitrogen and oxygen atoms in total. The van der Waals surface area contributed by atoms with E-state index in [0.717, 1.165) is 5.69 Å². The second-order valence-electron chi connectivity index (χ2n) is 4.18. The van der Waals surface area contributed by atoms with E-state index in [1.54, 1.807) is 42.6 Å². The molecule has 1 aromatic heterocycles. The third kappa shape index (κ3) is 4.21. The van der Waals surface area contributed by atoms with Crippen LogP contribution in [0.3, 0.4) is 0 Å². The van der Waals surface area contributed by atoms with Crippen LogP contribution in [-0.2, 0) is 0 Å². The van der Waals surface area contributed by atoms with Crippen molar-refractivity contribution in [3.63, 3.8) is 0 Å². The van der Waals surface area contributed by atoms with Crippen molar-refractivity contribution in [2.75, 3.05) is 11.9 Å². The van der Waals surface area contributed by atoms with E-state index in [4.69, 9.17) is 23.2 Å². The summed E-state index contributed by atoms with van der Waals surface area (Å²) >= 11 is 11.9. The minimum Gasteiger partial charge on any atom is -0.353 e. The highest BCUT2D eigenvalue weighted by Gasteiger charge is 2.06. The number of hydrogen-bond donors (Lipinski definition) is 2. The Bertz CT molecular complexity index is 656. The van der Waals surface area contributed by atoms with Crippen LogP contribution >= 0.6 is 23.2 Å². The van der Waals surface area contributed by atoms with Crippen molar-refractivity contribution >= 4 is 40.5 Å². The number of carbonyl (C=O) groups excluding carboxylic acids is 1. The third-order valence-corrected chi connectivity index (χ3v) is 3.16. The molecule has 0 aliphatic heterocycles. The summed E-state index contributed by atoms with van der Waals surface area (Å²) in [5.74, 6) is -0.244. The molecule has 21 heavy (non-hydrogen) atoms. The fourth-order valence-corrected chi connectivity index (χ4v) is 2.06. The van der Waals surface area contributed by atoms with Gasteiger partial charge in [-0.15, -0.1) is 6.58 Å².